The third-order valence-corrected chi connectivity index (χ3v) is 5.89. The van der Waals surface area contributed by atoms with Crippen LogP contribution in [0, 0.1) is 16.7 Å². The van der Waals surface area contributed by atoms with Crippen LogP contribution in [0.25, 0.3) is 0 Å². The van der Waals surface area contributed by atoms with E-state index < -0.39 is 28.7 Å². The fourth-order valence-electron chi connectivity index (χ4n) is 3.41. The zero-order valence-electron chi connectivity index (χ0n) is 17.3. The minimum atomic E-state index is -0.921. The monoisotopic (exact) mass is 410 g/mol. The maximum atomic E-state index is 11.1. The first kappa shape index (κ1) is 22.9. The fraction of sp³-hybridized carbons (Fsp3) is 0.364. The molecule has 2 N–H and O–H groups in total. The lowest BCUT2D eigenvalue weighted by Gasteiger charge is -2.36. The summed E-state index contributed by atoms with van der Waals surface area (Å²) >= 11 is 0. The maximum Gasteiger partial charge on any atom is 0.309 e. The molecule has 2 aromatic rings. The van der Waals surface area contributed by atoms with Gasteiger partial charge in [0.25, 0.3) is 0 Å². The Hall–Kier alpha value is -3.42. The van der Waals surface area contributed by atoms with Gasteiger partial charge in [0.15, 0.2) is 0 Å². The molecule has 8 nitrogen and oxygen atoms in total. The molecule has 30 heavy (non-hydrogen) atoms. The molecule has 0 aromatic carbocycles. The van der Waals surface area contributed by atoms with E-state index in [-0.39, 0.29) is 0 Å². The number of aromatic nitrogens is 2. The van der Waals surface area contributed by atoms with E-state index in [2.05, 4.69) is 20.2 Å². The first-order valence-corrected chi connectivity index (χ1v) is 9.51. The summed E-state index contributed by atoms with van der Waals surface area (Å²) < 4.78 is 0. The van der Waals surface area contributed by atoms with Crippen LogP contribution < -0.4 is 0 Å². The van der Waals surface area contributed by atoms with Crippen LogP contribution in [0.3, 0.4) is 0 Å². The highest BCUT2D eigenvalue weighted by atomic mass is 16.4. The Kier molecular flexibility index (Phi) is 7.52. The van der Waals surface area contributed by atoms with Gasteiger partial charge in [0, 0.05) is 24.8 Å². The SMILES string of the molecule is C(=N\N=C\c1ccncc1)/c1ccncc1.CC1(C)[C@@H](C(=O)O)CC[C@@]1(C)C(=O)O. The van der Waals surface area contributed by atoms with Crippen LogP contribution in [-0.2, 0) is 9.59 Å². The zero-order valence-corrected chi connectivity index (χ0v) is 17.3. The number of carboxylic acids is 2. The molecule has 2 heterocycles. The highest BCUT2D eigenvalue weighted by molar-refractivity contribution is 5.82. The van der Waals surface area contributed by atoms with E-state index in [4.69, 9.17) is 10.2 Å². The zero-order chi connectivity index (χ0) is 22.2. The minimum absolute atomic E-state index is 0.437. The number of nitrogens with zero attached hydrogens (tertiary/aromatic N) is 4. The summed E-state index contributed by atoms with van der Waals surface area (Å²) in [5.74, 6) is -2.34. The molecule has 1 fully saturated rings. The molecule has 2 atom stereocenters. The Morgan fingerprint density at radius 2 is 1.37 bits per heavy atom. The van der Waals surface area contributed by atoms with Crippen LogP contribution in [0.15, 0.2) is 59.3 Å². The second kappa shape index (κ2) is 9.87. The third-order valence-electron chi connectivity index (χ3n) is 5.89. The maximum absolute atomic E-state index is 11.1. The summed E-state index contributed by atoms with van der Waals surface area (Å²) in [7, 11) is 0. The molecule has 158 valence electrons. The summed E-state index contributed by atoms with van der Waals surface area (Å²) in [5, 5.41) is 26.0. The van der Waals surface area contributed by atoms with Gasteiger partial charge < -0.3 is 10.2 Å². The molecular formula is C22H26N4O4. The van der Waals surface area contributed by atoms with Gasteiger partial charge in [0.05, 0.1) is 23.8 Å². The van der Waals surface area contributed by atoms with Crippen molar-refractivity contribution >= 4 is 24.4 Å². The average molecular weight is 410 g/mol. The Balaban J connectivity index is 0.000000216. The molecule has 0 bridgehead atoms. The van der Waals surface area contributed by atoms with Crippen molar-refractivity contribution in [3.63, 3.8) is 0 Å². The summed E-state index contributed by atoms with van der Waals surface area (Å²) in [6, 6.07) is 7.47. The van der Waals surface area contributed by atoms with Crippen LogP contribution in [0.1, 0.15) is 44.7 Å². The predicted octanol–water partition coefficient (Wildman–Crippen LogP) is 3.53. The fourth-order valence-corrected chi connectivity index (χ4v) is 3.41. The van der Waals surface area contributed by atoms with Gasteiger partial charge in [-0.25, -0.2) is 0 Å². The standard InChI is InChI=1S/C12H10N4.C10H16O4/c1-5-13-6-2-11(1)9-15-16-10-12-3-7-14-8-4-12;1-9(2)6(7(11)12)4-5-10(9,3)8(13)14/h1-10H;6H,4-5H2,1-3H3,(H,11,12)(H,13,14)/b15-9+,16-10+;/t;6-,10+/m.1/s1. The van der Waals surface area contributed by atoms with Crippen LogP contribution in [-0.4, -0.2) is 44.5 Å². The second-order valence-corrected chi connectivity index (χ2v) is 7.84. The average Bonchev–Trinajstić information content (AvgIpc) is 2.98. The van der Waals surface area contributed by atoms with Gasteiger partial charge in [0.2, 0.25) is 0 Å². The third kappa shape index (κ3) is 5.34. The number of carboxylic acid groups (broad SMARTS) is 2. The number of hydrogen-bond acceptors (Lipinski definition) is 6. The summed E-state index contributed by atoms with van der Waals surface area (Å²) in [6.07, 6.45) is 11.1. The van der Waals surface area contributed by atoms with Crippen molar-refractivity contribution in [3.8, 4) is 0 Å². The van der Waals surface area contributed by atoms with E-state index in [1.165, 1.54) is 0 Å². The number of carbonyl (C=O) groups is 2. The Morgan fingerprint density at radius 1 is 0.933 bits per heavy atom. The number of hydrogen-bond donors (Lipinski definition) is 2. The van der Waals surface area contributed by atoms with Crippen molar-refractivity contribution < 1.29 is 19.8 Å². The molecule has 0 aliphatic heterocycles. The van der Waals surface area contributed by atoms with Crippen LogP contribution in [0.4, 0.5) is 0 Å². The molecule has 0 amide bonds. The van der Waals surface area contributed by atoms with Crippen molar-refractivity contribution in [2.45, 2.75) is 33.6 Å². The topological polar surface area (TPSA) is 125 Å². The molecule has 3 rings (SSSR count). The lowest BCUT2D eigenvalue weighted by molar-refractivity contribution is -0.157. The Morgan fingerprint density at radius 3 is 1.67 bits per heavy atom. The molecule has 8 heteroatoms. The second-order valence-electron chi connectivity index (χ2n) is 7.84. The number of pyridine rings is 2. The smallest absolute Gasteiger partial charge is 0.309 e. The summed E-state index contributed by atoms with van der Waals surface area (Å²) in [5.41, 5.74) is 0.338. The van der Waals surface area contributed by atoms with E-state index >= 15 is 0 Å². The van der Waals surface area contributed by atoms with Gasteiger partial charge in [-0.05, 0) is 60.6 Å². The van der Waals surface area contributed by atoms with Crippen molar-refractivity contribution in [1.82, 2.24) is 9.97 Å². The van der Waals surface area contributed by atoms with Gasteiger partial charge in [0.1, 0.15) is 0 Å². The highest BCUT2D eigenvalue weighted by Crippen LogP contribution is 2.56. The molecule has 1 saturated carbocycles. The largest absolute Gasteiger partial charge is 0.481 e. The van der Waals surface area contributed by atoms with Crippen molar-refractivity contribution in [2.24, 2.45) is 27.0 Å². The van der Waals surface area contributed by atoms with Gasteiger partial charge in [-0.3, -0.25) is 19.6 Å². The van der Waals surface area contributed by atoms with Crippen LogP contribution >= 0.6 is 0 Å². The number of aliphatic carboxylic acids is 2. The Labute approximate surface area is 175 Å². The van der Waals surface area contributed by atoms with E-state index in [0.29, 0.717) is 12.8 Å². The van der Waals surface area contributed by atoms with Gasteiger partial charge >= 0.3 is 11.9 Å². The lowest BCUT2D eigenvalue weighted by Crippen LogP contribution is -2.42. The molecule has 0 saturated heterocycles. The highest BCUT2D eigenvalue weighted by Gasteiger charge is 2.58. The normalized spacial score (nSPS) is 22.6. The first-order valence-electron chi connectivity index (χ1n) is 9.51. The van der Waals surface area contributed by atoms with Gasteiger partial charge in [-0.1, -0.05) is 13.8 Å². The molecular weight excluding hydrogens is 384 g/mol. The van der Waals surface area contributed by atoms with Crippen LogP contribution in [0.2, 0.25) is 0 Å². The summed E-state index contributed by atoms with van der Waals surface area (Å²) in [4.78, 5) is 29.9. The number of rotatable bonds is 5. The quantitative estimate of drug-likeness (QED) is 0.574. The van der Waals surface area contributed by atoms with Crippen LogP contribution in [0.5, 0.6) is 0 Å². The van der Waals surface area contributed by atoms with Crippen molar-refractivity contribution in [1.29, 1.82) is 0 Å². The van der Waals surface area contributed by atoms with E-state index in [1.807, 2.05) is 24.3 Å². The predicted molar refractivity (Wildman–Crippen MR) is 114 cm³/mol. The van der Waals surface area contributed by atoms with Gasteiger partial charge in [-0.15, -0.1) is 0 Å². The summed E-state index contributed by atoms with van der Waals surface area (Å²) in [6.45, 7) is 5.10. The molecule has 0 radical (unpaired) electrons. The molecule has 1 aliphatic rings. The van der Waals surface area contributed by atoms with E-state index in [9.17, 15) is 9.59 Å². The lowest BCUT2D eigenvalue weighted by atomic mass is 9.66. The molecule has 0 unspecified atom stereocenters. The minimum Gasteiger partial charge on any atom is -0.481 e. The first-order chi connectivity index (χ1) is 14.2. The van der Waals surface area contributed by atoms with Crippen molar-refractivity contribution in [2.75, 3.05) is 0 Å². The van der Waals surface area contributed by atoms with E-state index in [1.54, 1.807) is 58.0 Å². The Bertz CT molecular complexity index is 866. The van der Waals surface area contributed by atoms with Gasteiger partial charge in [-0.2, -0.15) is 10.2 Å². The van der Waals surface area contributed by atoms with E-state index in [0.717, 1.165) is 11.1 Å². The molecule has 0 spiro atoms. The molecule has 2 aromatic heterocycles. The van der Waals surface area contributed by atoms with Crippen molar-refractivity contribution in [3.05, 3.63) is 60.2 Å². The molecule has 1 aliphatic carbocycles.